The van der Waals surface area contributed by atoms with Crippen molar-refractivity contribution in [3.8, 4) is 0 Å². The maximum absolute atomic E-state index is 9.11. The van der Waals surface area contributed by atoms with Gasteiger partial charge in [-0.15, -0.1) is 0 Å². The zero-order chi connectivity index (χ0) is 35.1. The van der Waals surface area contributed by atoms with E-state index in [-0.39, 0.29) is 33.1 Å². The van der Waals surface area contributed by atoms with Crippen LogP contribution in [0, 0.1) is 10.8 Å². The van der Waals surface area contributed by atoms with Gasteiger partial charge in [-0.3, -0.25) is 0 Å². The second-order valence-electron chi connectivity index (χ2n) is 7.84. The Bertz CT molecular complexity index is 2040. The van der Waals surface area contributed by atoms with Gasteiger partial charge >= 0.3 is 0 Å². The number of rotatable bonds is 5. The molecule has 0 saturated heterocycles. The monoisotopic (exact) mass is 422 g/mol. The van der Waals surface area contributed by atoms with E-state index in [1.807, 2.05) is 0 Å². The van der Waals surface area contributed by atoms with Gasteiger partial charge in [0, 0.05) is 25.3 Å². The van der Waals surface area contributed by atoms with Gasteiger partial charge in [0.25, 0.3) is 0 Å². The molecule has 1 heterocycles. The first-order valence-corrected chi connectivity index (χ1v) is 9.49. The molecule has 0 spiro atoms. The van der Waals surface area contributed by atoms with Crippen molar-refractivity contribution in [3.05, 3.63) is 95.3 Å². The number of allylic oxidation sites excluding steroid dienone is 4. The van der Waals surface area contributed by atoms with Crippen LogP contribution in [0.1, 0.15) is 64.9 Å². The average molecular weight is 423 g/mol. The van der Waals surface area contributed by atoms with E-state index in [0.717, 1.165) is 6.07 Å². The average Bonchev–Trinajstić information content (AvgIpc) is 3.37. The normalized spacial score (nSPS) is 21.1. The molecule has 0 radical (unpaired) electrons. The summed E-state index contributed by atoms with van der Waals surface area (Å²) in [6.45, 7) is 5.91. The number of fused-ring (bicyclic) bond motifs is 3. The third-order valence-electron chi connectivity index (χ3n) is 4.27. The number of hydrogen-bond donors (Lipinski definition) is 1. The Morgan fingerprint density at radius 2 is 1.77 bits per heavy atom. The largest absolute Gasteiger partial charge is 0.455 e. The standard InChI is InChI=1S/C29H29NO/c1-20(24-9-7-10-26-25-8-5-6-11-27(25)31-28(24)26)18-23(16-17-30)22-14-12-21(13-15-22)19-29(2,3)4/h5-18,30H,19H2,1-4H3/b20-18+,23-16+,30-17?/i5D,6D,7D,8D,10D,11D,12D,13D,14D,15D,16D,17D,18D,19D2. The Kier molecular flexibility index (Phi) is 2.54. The Labute approximate surface area is 205 Å². The molecule has 0 aliphatic carbocycles. The van der Waals surface area contributed by atoms with Crippen LogP contribution >= 0.6 is 0 Å². The molecule has 0 bridgehead atoms. The quantitative estimate of drug-likeness (QED) is 0.255. The lowest BCUT2D eigenvalue weighted by Crippen LogP contribution is -2.08. The van der Waals surface area contributed by atoms with Crippen LogP contribution in [0.2, 0.25) is 0 Å². The summed E-state index contributed by atoms with van der Waals surface area (Å²) in [5, 5.41) is 7.54. The number of benzene rings is 3. The van der Waals surface area contributed by atoms with E-state index in [2.05, 4.69) is 0 Å². The van der Waals surface area contributed by atoms with Crippen molar-refractivity contribution < 1.29 is 25.0 Å². The van der Waals surface area contributed by atoms with Crippen LogP contribution in [-0.4, -0.2) is 6.19 Å². The predicted molar refractivity (Wildman–Crippen MR) is 134 cm³/mol. The SMILES string of the molecule is [2H]C(=N)/C([2H])=C(\C([2H])=C(/C)c1cc([2H])c([2H])c2c1oc1c([2H])c([2H])c([2H])c([2H])c12)c1c([2H])c([2H])c(C([2H])([2H])C(C)(C)C)c([2H])c1[2H]. The van der Waals surface area contributed by atoms with Crippen LogP contribution in [0.25, 0.3) is 33.1 Å². The number of hydrogen-bond acceptors (Lipinski definition) is 2. The highest BCUT2D eigenvalue weighted by molar-refractivity contribution is 6.08. The highest BCUT2D eigenvalue weighted by atomic mass is 16.3. The van der Waals surface area contributed by atoms with Crippen molar-refractivity contribution in [2.45, 2.75) is 34.1 Å². The molecule has 0 amide bonds. The molecule has 4 rings (SSSR count). The highest BCUT2D eigenvalue weighted by Crippen LogP contribution is 2.34. The lowest BCUT2D eigenvalue weighted by molar-refractivity contribution is 0.411. The second-order valence-corrected chi connectivity index (χ2v) is 7.84. The zero-order valence-electron chi connectivity index (χ0n) is 32.5. The molecule has 2 heteroatoms. The molecular formula is C29H29NO. The van der Waals surface area contributed by atoms with Gasteiger partial charge in [-0.1, -0.05) is 87.3 Å². The molecule has 31 heavy (non-hydrogen) atoms. The van der Waals surface area contributed by atoms with Crippen LogP contribution in [-0.2, 0) is 6.37 Å². The van der Waals surface area contributed by atoms with E-state index in [9.17, 15) is 0 Å². The second kappa shape index (κ2) is 8.39. The fourth-order valence-corrected chi connectivity index (χ4v) is 3.00. The summed E-state index contributed by atoms with van der Waals surface area (Å²) in [5.41, 5.74) is -3.66. The van der Waals surface area contributed by atoms with Crippen molar-refractivity contribution in [2.75, 3.05) is 0 Å². The molecule has 0 atom stereocenters. The van der Waals surface area contributed by atoms with Crippen LogP contribution in [0.4, 0.5) is 0 Å². The van der Waals surface area contributed by atoms with Gasteiger partial charge in [0.15, 0.2) is 0 Å². The minimum Gasteiger partial charge on any atom is -0.455 e. The van der Waals surface area contributed by atoms with Crippen molar-refractivity contribution in [1.82, 2.24) is 0 Å². The third kappa shape index (κ3) is 4.54. The van der Waals surface area contributed by atoms with Gasteiger partial charge in [0.2, 0.25) is 0 Å². The van der Waals surface area contributed by atoms with Gasteiger partial charge in [-0.25, -0.2) is 0 Å². The van der Waals surface area contributed by atoms with E-state index < -0.39 is 107 Å². The van der Waals surface area contributed by atoms with E-state index in [0.29, 0.717) is 0 Å². The first-order chi connectivity index (χ1) is 21.0. The van der Waals surface area contributed by atoms with Gasteiger partial charge in [-0.05, 0) is 53.1 Å². The lowest BCUT2D eigenvalue weighted by Gasteiger charge is -2.18. The molecular weight excluding hydrogens is 378 g/mol. The molecule has 0 saturated carbocycles. The van der Waals surface area contributed by atoms with Crippen LogP contribution in [0.3, 0.4) is 0 Å². The lowest BCUT2D eigenvalue weighted by atomic mass is 9.87. The van der Waals surface area contributed by atoms with Crippen LogP contribution in [0.15, 0.2) is 83.0 Å². The Balaban J connectivity index is 2.17. The van der Waals surface area contributed by atoms with Gasteiger partial charge in [0.1, 0.15) is 11.2 Å². The fourth-order valence-electron chi connectivity index (χ4n) is 3.00. The van der Waals surface area contributed by atoms with E-state index in [1.165, 1.54) is 27.7 Å². The molecule has 0 unspecified atom stereocenters. The van der Waals surface area contributed by atoms with Gasteiger partial charge in [0.05, 0.1) is 17.8 Å². The zero-order valence-corrected chi connectivity index (χ0v) is 17.5. The number of nitrogens with one attached hydrogen (secondary N) is 1. The highest BCUT2D eigenvalue weighted by Gasteiger charge is 2.13. The van der Waals surface area contributed by atoms with Crippen molar-refractivity contribution >= 4 is 39.3 Å². The summed E-state index contributed by atoms with van der Waals surface area (Å²) in [4.78, 5) is 0. The Morgan fingerprint density at radius 3 is 2.48 bits per heavy atom. The van der Waals surface area contributed by atoms with Crippen LogP contribution in [0.5, 0.6) is 0 Å². The first kappa shape index (κ1) is 9.40. The van der Waals surface area contributed by atoms with Gasteiger partial charge in [-0.2, -0.15) is 0 Å². The van der Waals surface area contributed by atoms with E-state index >= 15 is 0 Å². The molecule has 0 fully saturated rings. The van der Waals surface area contributed by atoms with Crippen LogP contribution < -0.4 is 0 Å². The van der Waals surface area contributed by atoms with Gasteiger partial charge < -0.3 is 9.83 Å². The van der Waals surface area contributed by atoms with E-state index in [4.69, 9.17) is 30.4 Å². The van der Waals surface area contributed by atoms with Crippen molar-refractivity contribution in [1.29, 1.82) is 5.41 Å². The third-order valence-corrected chi connectivity index (χ3v) is 4.27. The molecule has 0 aliphatic rings. The maximum atomic E-state index is 9.11. The van der Waals surface area contributed by atoms with Crippen molar-refractivity contribution in [3.63, 3.8) is 0 Å². The summed E-state index contributed by atoms with van der Waals surface area (Å²) in [7, 11) is 0. The predicted octanol–water partition coefficient (Wildman–Crippen LogP) is 8.31. The molecule has 156 valence electrons. The molecule has 4 aromatic rings. The topological polar surface area (TPSA) is 37.0 Å². The summed E-state index contributed by atoms with van der Waals surface area (Å²) in [6.07, 6.45) is -3.48. The summed E-state index contributed by atoms with van der Waals surface area (Å²) in [5.74, 6) is 0. The minimum atomic E-state index is -2.35. The molecule has 1 N–H and O–H groups in total. The fraction of sp³-hybridized carbons (Fsp3) is 0.207. The Hall–Kier alpha value is -3.39. The summed E-state index contributed by atoms with van der Waals surface area (Å²) >= 11 is 0. The maximum Gasteiger partial charge on any atom is 0.142 e. The minimum absolute atomic E-state index is 0.0631. The number of para-hydroxylation sites is 2. The molecule has 1 aromatic heterocycles. The molecule has 2 nitrogen and oxygen atoms in total. The van der Waals surface area contributed by atoms with Crippen molar-refractivity contribution in [2.24, 2.45) is 5.41 Å². The van der Waals surface area contributed by atoms with E-state index in [1.54, 1.807) is 0 Å². The first-order valence-electron chi connectivity index (χ1n) is 17.0. The summed E-state index contributed by atoms with van der Waals surface area (Å²) < 4.78 is 133. The molecule has 0 aliphatic heterocycles. The summed E-state index contributed by atoms with van der Waals surface area (Å²) in [6, 6.07) is -6.68. The smallest absolute Gasteiger partial charge is 0.142 e. The number of furan rings is 1. The molecule has 3 aromatic carbocycles. The Morgan fingerprint density at radius 1 is 1.06 bits per heavy atom.